The summed E-state index contributed by atoms with van der Waals surface area (Å²) in [4.78, 5) is 4.43. The van der Waals surface area contributed by atoms with Gasteiger partial charge in [-0.15, -0.1) is 0 Å². The fourth-order valence-electron chi connectivity index (χ4n) is 1.44. The molecule has 0 saturated heterocycles. The van der Waals surface area contributed by atoms with Crippen LogP contribution in [0, 0.1) is 0 Å². The molecular formula is C11H15BrN4. The number of hydrogen-bond donors (Lipinski definition) is 1. The number of nitrogens with zero attached hydrogens (tertiary/aromatic N) is 3. The highest BCUT2D eigenvalue weighted by molar-refractivity contribution is 9.10. The van der Waals surface area contributed by atoms with Crippen molar-refractivity contribution >= 4 is 21.6 Å². The van der Waals surface area contributed by atoms with Crippen molar-refractivity contribution in [2.75, 3.05) is 0 Å². The van der Waals surface area contributed by atoms with Crippen molar-refractivity contribution in [3.8, 4) is 0 Å². The molecule has 16 heavy (non-hydrogen) atoms. The Bertz CT molecular complexity index is 498. The van der Waals surface area contributed by atoms with E-state index in [9.17, 15) is 0 Å². The number of fused-ring (bicyclic) bond motifs is 1. The van der Waals surface area contributed by atoms with E-state index in [0.29, 0.717) is 0 Å². The van der Waals surface area contributed by atoms with Gasteiger partial charge >= 0.3 is 0 Å². The number of aromatic nitrogens is 3. The number of hydrogen-bond acceptors (Lipinski definition) is 3. The third kappa shape index (κ3) is 2.80. The number of halogens is 1. The van der Waals surface area contributed by atoms with Crippen molar-refractivity contribution in [1.82, 2.24) is 14.6 Å². The van der Waals surface area contributed by atoms with E-state index in [1.165, 1.54) is 0 Å². The molecule has 0 saturated carbocycles. The largest absolute Gasteiger partial charge is 0.326 e. The van der Waals surface area contributed by atoms with E-state index in [0.717, 1.165) is 28.8 Å². The molecule has 86 valence electrons. The van der Waals surface area contributed by atoms with Crippen LogP contribution in [0.4, 0.5) is 0 Å². The van der Waals surface area contributed by atoms with Crippen molar-refractivity contribution < 1.29 is 0 Å². The maximum atomic E-state index is 5.93. The van der Waals surface area contributed by atoms with E-state index in [1.807, 2.05) is 32.2 Å². The SMILES string of the molecule is CC(C)(N)CCc1nc2ccc(Br)cn2n1. The Kier molecular flexibility index (Phi) is 2.99. The Morgan fingerprint density at radius 1 is 1.44 bits per heavy atom. The van der Waals surface area contributed by atoms with Gasteiger partial charge in [0.1, 0.15) is 0 Å². The molecule has 0 unspecified atom stereocenters. The molecule has 4 nitrogen and oxygen atoms in total. The minimum absolute atomic E-state index is 0.169. The number of aryl methyl sites for hydroxylation is 1. The van der Waals surface area contributed by atoms with Crippen LogP contribution in [0.1, 0.15) is 26.1 Å². The van der Waals surface area contributed by atoms with Gasteiger partial charge in [0, 0.05) is 22.6 Å². The van der Waals surface area contributed by atoms with E-state index in [2.05, 4.69) is 26.0 Å². The highest BCUT2D eigenvalue weighted by Gasteiger charge is 2.12. The molecule has 0 bridgehead atoms. The van der Waals surface area contributed by atoms with Crippen LogP contribution in [0.15, 0.2) is 22.8 Å². The summed E-state index contributed by atoms with van der Waals surface area (Å²) < 4.78 is 2.78. The molecule has 0 aliphatic rings. The summed E-state index contributed by atoms with van der Waals surface area (Å²) in [6.07, 6.45) is 3.59. The van der Waals surface area contributed by atoms with E-state index < -0.39 is 0 Å². The average molecular weight is 283 g/mol. The summed E-state index contributed by atoms with van der Waals surface area (Å²) in [5, 5.41) is 4.40. The monoisotopic (exact) mass is 282 g/mol. The molecular weight excluding hydrogens is 268 g/mol. The molecule has 0 aromatic carbocycles. The fourth-order valence-corrected chi connectivity index (χ4v) is 1.77. The maximum Gasteiger partial charge on any atom is 0.155 e. The smallest absolute Gasteiger partial charge is 0.155 e. The van der Waals surface area contributed by atoms with E-state index in [4.69, 9.17) is 5.73 Å². The molecule has 0 atom stereocenters. The minimum atomic E-state index is -0.169. The Morgan fingerprint density at radius 3 is 2.88 bits per heavy atom. The second-order valence-corrected chi connectivity index (χ2v) is 5.58. The first-order valence-corrected chi connectivity index (χ1v) is 6.03. The Hall–Kier alpha value is -0.940. The Labute approximate surface area is 103 Å². The first-order chi connectivity index (χ1) is 7.44. The molecule has 0 aliphatic heterocycles. The van der Waals surface area contributed by atoms with Gasteiger partial charge in [-0.3, -0.25) is 0 Å². The Balaban J connectivity index is 2.20. The zero-order chi connectivity index (χ0) is 11.8. The second-order valence-electron chi connectivity index (χ2n) is 4.67. The molecule has 2 N–H and O–H groups in total. The number of nitrogens with two attached hydrogens (primary N) is 1. The molecule has 0 fully saturated rings. The van der Waals surface area contributed by atoms with E-state index >= 15 is 0 Å². The van der Waals surface area contributed by atoms with Crippen LogP contribution in [0.5, 0.6) is 0 Å². The quantitative estimate of drug-likeness (QED) is 0.939. The number of rotatable bonds is 3. The highest BCUT2D eigenvalue weighted by atomic mass is 79.9. The van der Waals surface area contributed by atoms with Crippen molar-refractivity contribution in [3.63, 3.8) is 0 Å². The normalized spacial score (nSPS) is 12.2. The summed E-state index contributed by atoms with van der Waals surface area (Å²) >= 11 is 3.40. The third-order valence-corrected chi connectivity index (χ3v) is 2.80. The molecule has 0 radical (unpaired) electrons. The zero-order valence-corrected chi connectivity index (χ0v) is 11.0. The summed E-state index contributed by atoms with van der Waals surface area (Å²) in [5.74, 6) is 0.844. The van der Waals surface area contributed by atoms with Gasteiger partial charge in [0.15, 0.2) is 11.5 Å². The third-order valence-electron chi connectivity index (χ3n) is 2.33. The van der Waals surface area contributed by atoms with Gasteiger partial charge in [0.05, 0.1) is 0 Å². The van der Waals surface area contributed by atoms with Gasteiger partial charge in [0.2, 0.25) is 0 Å². The van der Waals surface area contributed by atoms with Gasteiger partial charge in [0.25, 0.3) is 0 Å². The van der Waals surface area contributed by atoms with Crippen molar-refractivity contribution in [2.24, 2.45) is 5.73 Å². The fraction of sp³-hybridized carbons (Fsp3) is 0.455. The van der Waals surface area contributed by atoms with Crippen LogP contribution in [0.25, 0.3) is 5.65 Å². The van der Waals surface area contributed by atoms with Gasteiger partial charge in [-0.05, 0) is 48.3 Å². The molecule has 0 amide bonds. The van der Waals surface area contributed by atoms with E-state index in [1.54, 1.807) is 4.52 Å². The minimum Gasteiger partial charge on any atom is -0.326 e. The summed E-state index contributed by atoms with van der Waals surface area (Å²) in [6, 6.07) is 3.90. The molecule has 2 aromatic rings. The van der Waals surface area contributed by atoms with Gasteiger partial charge in [-0.1, -0.05) is 0 Å². The van der Waals surface area contributed by atoms with Crippen LogP contribution in [0.2, 0.25) is 0 Å². The van der Waals surface area contributed by atoms with Crippen molar-refractivity contribution in [3.05, 3.63) is 28.6 Å². The summed E-state index contributed by atoms with van der Waals surface area (Å²) in [7, 11) is 0. The summed E-state index contributed by atoms with van der Waals surface area (Å²) in [6.45, 7) is 4.03. The van der Waals surface area contributed by atoms with Crippen LogP contribution in [-0.2, 0) is 6.42 Å². The number of pyridine rings is 1. The molecule has 2 heterocycles. The average Bonchev–Trinajstić information content (AvgIpc) is 2.55. The molecule has 0 spiro atoms. The lowest BCUT2D eigenvalue weighted by Gasteiger charge is -2.16. The molecule has 2 aromatic heterocycles. The van der Waals surface area contributed by atoms with Crippen LogP contribution >= 0.6 is 15.9 Å². The van der Waals surface area contributed by atoms with Crippen molar-refractivity contribution in [2.45, 2.75) is 32.2 Å². The molecule has 0 aliphatic carbocycles. The highest BCUT2D eigenvalue weighted by Crippen LogP contribution is 2.12. The van der Waals surface area contributed by atoms with Crippen molar-refractivity contribution in [1.29, 1.82) is 0 Å². The van der Waals surface area contributed by atoms with Gasteiger partial charge in [-0.2, -0.15) is 5.10 Å². The lowest BCUT2D eigenvalue weighted by molar-refractivity contribution is 0.471. The van der Waals surface area contributed by atoms with Crippen LogP contribution in [0.3, 0.4) is 0 Å². The Morgan fingerprint density at radius 2 is 2.19 bits per heavy atom. The van der Waals surface area contributed by atoms with Crippen LogP contribution < -0.4 is 5.73 Å². The van der Waals surface area contributed by atoms with Crippen LogP contribution in [-0.4, -0.2) is 20.1 Å². The molecule has 5 heteroatoms. The predicted octanol–water partition coefficient (Wildman–Crippen LogP) is 2.16. The second kappa shape index (κ2) is 4.14. The first kappa shape index (κ1) is 11.5. The van der Waals surface area contributed by atoms with Gasteiger partial charge in [-0.25, -0.2) is 9.50 Å². The zero-order valence-electron chi connectivity index (χ0n) is 9.44. The topological polar surface area (TPSA) is 56.2 Å². The molecule has 2 rings (SSSR count). The van der Waals surface area contributed by atoms with E-state index in [-0.39, 0.29) is 5.54 Å². The maximum absolute atomic E-state index is 5.93. The lowest BCUT2D eigenvalue weighted by Crippen LogP contribution is -2.32. The predicted molar refractivity (Wildman–Crippen MR) is 67.3 cm³/mol. The standard InChI is InChI=1S/C11H15BrN4/c1-11(2,13)6-5-9-14-10-4-3-8(12)7-16(10)15-9/h3-4,7H,5-6,13H2,1-2H3. The lowest BCUT2D eigenvalue weighted by atomic mass is 10.0. The van der Waals surface area contributed by atoms with Gasteiger partial charge < -0.3 is 5.73 Å². The summed E-state index contributed by atoms with van der Waals surface area (Å²) in [5.41, 5.74) is 6.63. The first-order valence-electron chi connectivity index (χ1n) is 5.24.